The molecule has 1 N–H and O–H groups in total. The lowest BCUT2D eigenvalue weighted by atomic mass is 9.78. The van der Waals surface area contributed by atoms with Crippen LogP contribution in [0.4, 0.5) is 0 Å². The Bertz CT molecular complexity index is 449. The van der Waals surface area contributed by atoms with E-state index >= 15 is 0 Å². The normalized spacial score (nSPS) is 26.5. The summed E-state index contributed by atoms with van der Waals surface area (Å²) in [4.78, 5) is 22.5. The summed E-state index contributed by atoms with van der Waals surface area (Å²) in [7, 11) is 0. The van der Waals surface area contributed by atoms with Gasteiger partial charge in [-0.25, -0.2) is 0 Å². The van der Waals surface area contributed by atoms with Crippen molar-refractivity contribution in [1.29, 1.82) is 0 Å². The first-order valence-electron chi connectivity index (χ1n) is 8.80. The second-order valence-corrected chi connectivity index (χ2v) is 7.48. The molecule has 0 aromatic heterocycles. The van der Waals surface area contributed by atoms with E-state index in [2.05, 4.69) is 6.58 Å². The molecule has 0 aromatic rings. The Balaban J connectivity index is 2.84. The monoisotopic (exact) mass is 340 g/mol. The summed E-state index contributed by atoms with van der Waals surface area (Å²) < 4.78 is 10.6. The summed E-state index contributed by atoms with van der Waals surface area (Å²) in [5.41, 5.74) is 0.0247. The third-order valence-electron chi connectivity index (χ3n) is 4.82. The van der Waals surface area contributed by atoms with Crippen LogP contribution in [0, 0.1) is 11.8 Å². The molecule has 0 saturated heterocycles. The second kappa shape index (κ2) is 9.21. The van der Waals surface area contributed by atoms with Gasteiger partial charge in [0.15, 0.2) is 0 Å². The van der Waals surface area contributed by atoms with Gasteiger partial charge in [-0.2, -0.15) is 0 Å². The average Bonchev–Trinajstić information content (AvgIpc) is 2.44. The summed E-state index contributed by atoms with van der Waals surface area (Å²) in [6.07, 6.45) is 4.52. The van der Waals surface area contributed by atoms with Crippen molar-refractivity contribution < 1.29 is 24.2 Å². The quantitative estimate of drug-likeness (QED) is 0.627. The van der Waals surface area contributed by atoms with Crippen LogP contribution in [0.25, 0.3) is 0 Å². The summed E-state index contributed by atoms with van der Waals surface area (Å²) in [5.74, 6) is -0.306. The minimum Gasteiger partial charge on any atom is -0.466 e. The largest absolute Gasteiger partial charge is 0.466 e. The number of esters is 2. The molecule has 1 saturated carbocycles. The van der Waals surface area contributed by atoms with Gasteiger partial charge in [0.25, 0.3) is 0 Å². The number of carbonyl (C=O) groups is 2. The fourth-order valence-corrected chi connectivity index (χ4v) is 3.28. The highest BCUT2D eigenvalue weighted by Crippen LogP contribution is 2.34. The molecule has 0 heterocycles. The number of aliphatic hydroxyl groups is 1. The van der Waals surface area contributed by atoms with Gasteiger partial charge in [0.1, 0.15) is 6.10 Å². The molecule has 24 heavy (non-hydrogen) atoms. The van der Waals surface area contributed by atoms with Crippen molar-refractivity contribution >= 4 is 11.9 Å². The molecule has 2 unspecified atom stereocenters. The topological polar surface area (TPSA) is 72.8 Å². The highest BCUT2D eigenvalue weighted by Gasteiger charge is 2.32. The van der Waals surface area contributed by atoms with Crippen molar-refractivity contribution in [3.05, 3.63) is 12.2 Å². The van der Waals surface area contributed by atoms with E-state index in [4.69, 9.17) is 9.47 Å². The molecule has 0 spiro atoms. The molecule has 1 rings (SSSR count). The maximum absolute atomic E-state index is 11.4. The highest BCUT2D eigenvalue weighted by molar-refractivity contribution is 5.66. The van der Waals surface area contributed by atoms with Crippen molar-refractivity contribution in [1.82, 2.24) is 0 Å². The molecule has 3 atom stereocenters. The van der Waals surface area contributed by atoms with E-state index in [0.29, 0.717) is 13.0 Å². The van der Waals surface area contributed by atoms with Crippen LogP contribution >= 0.6 is 0 Å². The maximum Gasteiger partial charge on any atom is 0.303 e. The zero-order valence-electron chi connectivity index (χ0n) is 15.5. The van der Waals surface area contributed by atoms with Gasteiger partial charge in [-0.15, -0.1) is 0 Å². The van der Waals surface area contributed by atoms with E-state index in [9.17, 15) is 14.7 Å². The van der Waals surface area contributed by atoms with E-state index < -0.39 is 5.60 Å². The van der Waals surface area contributed by atoms with Crippen molar-refractivity contribution in [3.8, 4) is 0 Å². The number of rotatable bonds is 4. The standard InChI is InChI=1S/C19H32O5/c1-13-7-6-8-16(12-23-14(2)20)9-10-17(19(4,5)22)11-18(13)24-15(3)21/h16-18,22H,1,6-12H2,2-5H3/t16?,17-,18?/m0/s1. The van der Waals surface area contributed by atoms with Gasteiger partial charge in [0, 0.05) is 13.8 Å². The van der Waals surface area contributed by atoms with Gasteiger partial charge >= 0.3 is 11.9 Å². The van der Waals surface area contributed by atoms with Crippen molar-refractivity contribution in [2.45, 2.75) is 77.9 Å². The first-order chi connectivity index (χ1) is 11.1. The molecule has 5 heteroatoms. The summed E-state index contributed by atoms with van der Waals surface area (Å²) in [6.45, 7) is 10.9. The molecular weight excluding hydrogens is 308 g/mol. The van der Waals surface area contributed by atoms with E-state index in [1.165, 1.54) is 13.8 Å². The third-order valence-corrected chi connectivity index (χ3v) is 4.82. The zero-order valence-corrected chi connectivity index (χ0v) is 15.5. The van der Waals surface area contributed by atoms with Crippen LogP contribution in [0.15, 0.2) is 12.2 Å². The smallest absolute Gasteiger partial charge is 0.303 e. The van der Waals surface area contributed by atoms with Crippen molar-refractivity contribution in [2.75, 3.05) is 6.61 Å². The molecule has 0 amide bonds. The van der Waals surface area contributed by atoms with E-state index in [1.807, 2.05) is 0 Å². The van der Waals surface area contributed by atoms with Crippen molar-refractivity contribution in [2.24, 2.45) is 11.8 Å². The van der Waals surface area contributed by atoms with E-state index in [0.717, 1.165) is 37.7 Å². The Morgan fingerprint density at radius 1 is 1.21 bits per heavy atom. The zero-order chi connectivity index (χ0) is 18.3. The van der Waals surface area contributed by atoms with Crippen LogP contribution in [0.1, 0.15) is 66.2 Å². The second-order valence-electron chi connectivity index (χ2n) is 7.48. The van der Waals surface area contributed by atoms with Gasteiger partial charge in [-0.05, 0) is 69.8 Å². The Morgan fingerprint density at radius 2 is 1.88 bits per heavy atom. The number of ether oxygens (including phenoxy) is 2. The van der Waals surface area contributed by atoms with Crippen LogP contribution in [-0.2, 0) is 19.1 Å². The first-order valence-corrected chi connectivity index (χ1v) is 8.80. The molecule has 138 valence electrons. The Labute approximate surface area is 145 Å². The fraction of sp³-hybridized carbons (Fsp3) is 0.789. The van der Waals surface area contributed by atoms with Gasteiger partial charge in [0.05, 0.1) is 12.2 Å². The minimum atomic E-state index is -0.871. The molecule has 5 nitrogen and oxygen atoms in total. The predicted octanol–water partition coefficient (Wildman–Crippen LogP) is 3.39. The first kappa shape index (κ1) is 20.7. The van der Waals surface area contributed by atoms with Gasteiger partial charge in [-0.3, -0.25) is 9.59 Å². The summed E-state index contributed by atoms with van der Waals surface area (Å²) in [6, 6.07) is 0. The Hall–Kier alpha value is -1.36. The lowest BCUT2D eigenvalue weighted by molar-refractivity contribution is -0.146. The van der Waals surface area contributed by atoms with Gasteiger partial charge in [0.2, 0.25) is 0 Å². The summed E-state index contributed by atoms with van der Waals surface area (Å²) >= 11 is 0. The molecular formula is C19H32O5. The Kier molecular flexibility index (Phi) is 7.94. The molecule has 0 aromatic carbocycles. The Morgan fingerprint density at radius 3 is 2.42 bits per heavy atom. The molecule has 1 fully saturated rings. The molecule has 0 aliphatic heterocycles. The summed E-state index contributed by atoms with van der Waals surface area (Å²) in [5, 5.41) is 10.5. The van der Waals surface area contributed by atoms with Crippen LogP contribution in [-0.4, -0.2) is 35.4 Å². The van der Waals surface area contributed by atoms with Crippen LogP contribution in [0.5, 0.6) is 0 Å². The van der Waals surface area contributed by atoms with Crippen LogP contribution < -0.4 is 0 Å². The van der Waals surface area contributed by atoms with Crippen LogP contribution in [0.3, 0.4) is 0 Å². The van der Waals surface area contributed by atoms with Crippen LogP contribution in [0.2, 0.25) is 0 Å². The maximum atomic E-state index is 11.4. The lowest BCUT2D eigenvalue weighted by Crippen LogP contribution is -2.36. The number of hydrogen-bond acceptors (Lipinski definition) is 5. The van der Waals surface area contributed by atoms with E-state index in [1.54, 1.807) is 13.8 Å². The molecule has 0 bridgehead atoms. The highest BCUT2D eigenvalue weighted by atomic mass is 16.5. The molecule has 1 aliphatic rings. The lowest BCUT2D eigenvalue weighted by Gasteiger charge is -2.35. The average molecular weight is 340 g/mol. The SMILES string of the molecule is C=C1CCCC(COC(C)=O)CC[C@H](C(C)(C)O)CC1OC(C)=O. The predicted molar refractivity (Wildman–Crippen MR) is 92.3 cm³/mol. The van der Waals surface area contributed by atoms with E-state index in [-0.39, 0.29) is 29.9 Å². The number of hydrogen-bond donors (Lipinski definition) is 1. The van der Waals surface area contributed by atoms with Gasteiger partial charge < -0.3 is 14.6 Å². The van der Waals surface area contributed by atoms with Gasteiger partial charge in [-0.1, -0.05) is 6.58 Å². The third kappa shape index (κ3) is 7.47. The number of carbonyl (C=O) groups excluding carboxylic acids is 2. The fourth-order valence-electron chi connectivity index (χ4n) is 3.28. The minimum absolute atomic E-state index is 0.0171. The molecule has 1 aliphatic carbocycles. The molecule has 0 radical (unpaired) electrons. The van der Waals surface area contributed by atoms with Crippen molar-refractivity contribution in [3.63, 3.8) is 0 Å².